The molecule has 0 N–H and O–H groups in total. The third kappa shape index (κ3) is 4.50. The summed E-state index contributed by atoms with van der Waals surface area (Å²) in [4.78, 5) is 19.1. The maximum Gasteiger partial charge on any atom is 0.223 e. The van der Waals surface area contributed by atoms with Gasteiger partial charge < -0.3 is 14.4 Å². The Morgan fingerprint density at radius 3 is 2.83 bits per heavy atom. The first kappa shape index (κ1) is 19.2. The van der Waals surface area contributed by atoms with E-state index in [-0.39, 0.29) is 12.0 Å². The van der Waals surface area contributed by atoms with Crippen LogP contribution in [-0.4, -0.2) is 41.6 Å². The highest BCUT2D eigenvalue weighted by atomic mass is 16.5. The molecule has 1 aliphatic rings. The maximum absolute atomic E-state index is 12.7. The molecule has 0 spiro atoms. The van der Waals surface area contributed by atoms with Gasteiger partial charge in [0.15, 0.2) is 0 Å². The lowest BCUT2D eigenvalue weighted by Gasteiger charge is -2.18. The second kappa shape index (κ2) is 8.95. The van der Waals surface area contributed by atoms with E-state index in [0.717, 1.165) is 40.9 Å². The van der Waals surface area contributed by atoms with Crippen molar-refractivity contribution in [1.82, 2.24) is 9.88 Å². The minimum absolute atomic E-state index is 0.00210. The van der Waals surface area contributed by atoms with E-state index in [1.54, 1.807) is 6.20 Å². The second-order valence-corrected chi connectivity index (χ2v) is 7.24. The number of para-hydroxylation sites is 2. The van der Waals surface area contributed by atoms with Crippen molar-refractivity contribution in [3.63, 3.8) is 0 Å². The van der Waals surface area contributed by atoms with Gasteiger partial charge >= 0.3 is 0 Å². The van der Waals surface area contributed by atoms with Gasteiger partial charge in [0, 0.05) is 31.0 Å². The summed E-state index contributed by atoms with van der Waals surface area (Å²) in [5.41, 5.74) is 1.95. The molecule has 3 aromatic rings. The molecule has 1 aliphatic heterocycles. The van der Waals surface area contributed by atoms with Crippen LogP contribution in [0.25, 0.3) is 10.9 Å². The van der Waals surface area contributed by atoms with E-state index in [2.05, 4.69) is 4.98 Å². The fourth-order valence-electron chi connectivity index (χ4n) is 3.81. The normalized spacial score (nSPS) is 16.2. The molecule has 1 unspecified atom stereocenters. The largest absolute Gasteiger partial charge is 0.494 e. The fraction of sp³-hybridized carbons (Fsp3) is 0.333. The van der Waals surface area contributed by atoms with Crippen LogP contribution in [0, 0.1) is 0 Å². The summed E-state index contributed by atoms with van der Waals surface area (Å²) >= 11 is 0. The van der Waals surface area contributed by atoms with E-state index in [0.29, 0.717) is 26.0 Å². The minimum atomic E-state index is 0.00210. The van der Waals surface area contributed by atoms with E-state index in [4.69, 9.17) is 9.47 Å². The lowest BCUT2D eigenvalue weighted by Crippen LogP contribution is -2.31. The molecule has 5 heteroatoms. The number of amides is 1. The van der Waals surface area contributed by atoms with Crippen LogP contribution in [0.15, 0.2) is 60.8 Å². The third-order valence-electron chi connectivity index (χ3n) is 5.27. The van der Waals surface area contributed by atoms with Crippen LogP contribution in [0.2, 0.25) is 0 Å². The third-order valence-corrected chi connectivity index (χ3v) is 5.27. The Labute approximate surface area is 171 Å². The second-order valence-electron chi connectivity index (χ2n) is 7.24. The Hall–Kier alpha value is -3.08. The number of fused-ring (bicyclic) bond motifs is 1. The zero-order valence-corrected chi connectivity index (χ0v) is 16.7. The summed E-state index contributed by atoms with van der Waals surface area (Å²) in [7, 11) is 0. The molecule has 150 valence electrons. The van der Waals surface area contributed by atoms with Crippen molar-refractivity contribution in [2.75, 3.05) is 19.7 Å². The van der Waals surface area contributed by atoms with Gasteiger partial charge in [-0.1, -0.05) is 36.4 Å². The summed E-state index contributed by atoms with van der Waals surface area (Å²) < 4.78 is 11.9. The van der Waals surface area contributed by atoms with Gasteiger partial charge in [-0.3, -0.25) is 9.78 Å². The lowest BCUT2D eigenvalue weighted by atomic mass is 10.1. The predicted molar refractivity (Wildman–Crippen MR) is 113 cm³/mol. The molecule has 2 aromatic carbocycles. The number of rotatable bonds is 7. The molecular weight excluding hydrogens is 364 g/mol. The van der Waals surface area contributed by atoms with Crippen molar-refractivity contribution in [3.8, 4) is 11.5 Å². The van der Waals surface area contributed by atoms with Crippen LogP contribution >= 0.6 is 0 Å². The fourth-order valence-corrected chi connectivity index (χ4v) is 3.81. The van der Waals surface area contributed by atoms with Crippen molar-refractivity contribution < 1.29 is 14.3 Å². The number of nitrogens with zero attached hydrogens (tertiary/aromatic N) is 2. The van der Waals surface area contributed by atoms with E-state index in [1.807, 2.05) is 66.4 Å². The SMILES string of the molecule is CCOc1ccccc1CCC(=O)N1CCC(Oc2cccc3cccnc23)C1. The molecule has 1 amide bonds. The van der Waals surface area contributed by atoms with Gasteiger partial charge in [0.25, 0.3) is 0 Å². The zero-order chi connectivity index (χ0) is 20.1. The lowest BCUT2D eigenvalue weighted by molar-refractivity contribution is -0.130. The minimum Gasteiger partial charge on any atom is -0.494 e. The van der Waals surface area contributed by atoms with Gasteiger partial charge in [-0.2, -0.15) is 0 Å². The number of carbonyl (C=O) groups excluding carboxylic acids is 1. The van der Waals surface area contributed by atoms with Crippen molar-refractivity contribution in [2.45, 2.75) is 32.3 Å². The highest BCUT2D eigenvalue weighted by Crippen LogP contribution is 2.26. The van der Waals surface area contributed by atoms with E-state index in [9.17, 15) is 4.79 Å². The number of aromatic nitrogens is 1. The predicted octanol–water partition coefficient (Wildman–Crippen LogP) is 4.25. The highest BCUT2D eigenvalue weighted by molar-refractivity contribution is 5.84. The van der Waals surface area contributed by atoms with Crippen LogP contribution in [-0.2, 0) is 11.2 Å². The molecule has 0 bridgehead atoms. The number of likely N-dealkylation sites (tertiary alicyclic amines) is 1. The Balaban J connectivity index is 1.34. The van der Waals surface area contributed by atoms with Crippen LogP contribution in [0.4, 0.5) is 0 Å². The Morgan fingerprint density at radius 1 is 1.10 bits per heavy atom. The number of pyridine rings is 1. The molecule has 0 aliphatic carbocycles. The number of benzene rings is 2. The molecule has 0 radical (unpaired) electrons. The smallest absolute Gasteiger partial charge is 0.223 e. The van der Waals surface area contributed by atoms with Crippen molar-refractivity contribution in [1.29, 1.82) is 0 Å². The number of ether oxygens (including phenoxy) is 2. The summed E-state index contributed by atoms with van der Waals surface area (Å²) in [6.45, 7) is 3.95. The quantitative estimate of drug-likeness (QED) is 0.605. The van der Waals surface area contributed by atoms with Gasteiger partial charge in [0.1, 0.15) is 23.1 Å². The van der Waals surface area contributed by atoms with Gasteiger partial charge in [-0.25, -0.2) is 0 Å². The van der Waals surface area contributed by atoms with Crippen LogP contribution in [0.5, 0.6) is 11.5 Å². The summed E-state index contributed by atoms with van der Waals surface area (Å²) in [5.74, 6) is 1.82. The molecule has 1 saturated heterocycles. The van der Waals surface area contributed by atoms with Crippen LogP contribution < -0.4 is 9.47 Å². The highest BCUT2D eigenvalue weighted by Gasteiger charge is 2.28. The summed E-state index contributed by atoms with van der Waals surface area (Å²) in [6.07, 6.45) is 3.78. The first-order valence-corrected chi connectivity index (χ1v) is 10.2. The number of hydrogen-bond donors (Lipinski definition) is 0. The standard InChI is InChI=1S/C24H26N2O3/c1-2-28-21-10-4-3-7-18(21)12-13-23(27)26-16-14-20(17-26)29-22-11-5-8-19-9-6-15-25-24(19)22/h3-11,15,20H,2,12-14,16-17H2,1H3. The topological polar surface area (TPSA) is 51.7 Å². The van der Waals surface area contributed by atoms with Crippen molar-refractivity contribution in [3.05, 3.63) is 66.4 Å². The first-order valence-electron chi connectivity index (χ1n) is 10.2. The average molecular weight is 390 g/mol. The molecule has 0 saturated carbocycles. The summed E-state index contributed by atoms with van der Waals surface area (Å²) in [5, 5.41) is 1.06. The Morgan fingerprint density at radius 2 is 1.93 bits per heavy atom. The maximum atomic E-state index is 12.7. The summed E-state index contributed by atoms with van der Waals surface area (Å²) in [6, 6.07) is 17.8. The van der Waals surface area contributed by atoms with Gasteiger partial charge in [0.2, 0.25) is 5.91 Å². The Kier molecular flexibility index (Phi) is 5.94. The molecular formula is C24H26N2O3. The Bertz CT molecular complexity index is 983. The number of aryl methyl sites for hydroxylation is 1. The van der Waals surface area contributed by atoms with Gasteiger partial charge in [-0.15, -0.1) is 0 Å². The van der Waals surface area contributed by atoms with Crippen LogP contribution in [0.1, 0.15) is 25.3 Å². The number of carbonyl (C=O) groups is 1. The van der Waals surface area contributed by atoms with E-state index in [1.165, 1.54) is 0 Å². The first-order chi connectivity index (χ1) is 14.2. The molecule has 1 fully saturated rings. The van der Waals surface area contributed by atoms with Gasteiger partial charge in [0.05, 0.1) is 13.2 Å². The van der Waals surface area contributed by atoms with Crippen LogP contribution in [0.3, 0.4) is 0 Å². The van der Waals surface area contributed by atoms with Gasteiger partial charge in [-0.05, 0) is 37.1 Å². The average Bonchev–Trinajstić information content (AvgIpc) is 3.22. The van der Waals surface area contributed by atoms with Crippen molar-refractivity contribution in [2.24, 2.45) is 0 Å². The molecule has 29 heavy (non-hydrogen) atoms. The number of hydrogen-bond acceptors (Lipinski definition) is 4. The monoisotopic (exact) mass is 390 g/mol. The molecule has 1 atom stereocenters. The molecule has 1 aromatic heterocycles. The van der Waals surface area contributed by atoms with Crippen molar-refractivity contribution >= 4 is 16.8 Å². The van der Waals surface area contributed by atoms with E-state index >= 15 is 0 Å². The van der Waals surface area contributed by atoms with E-state index < -0.39 is 0 Å². The molecule has 4 rings (SSSR count). The zero-order valence-electron chi connectivity index (χ0n) is 16.7. The molecule has 2 heterocycles. The molecule has 5 nitrogen and oxygen atoms in total.